The average molecular weight is 387 g/mol. The maximum absolute atomic E-state index is 6.16. The molecule has 0 amide bonds. The molecule has 0 heterocycles. The van der Waals surface area contributed by atoms with Crippen LogP contribution in [0.5, 0.6) is 11.5 Å². The first kappa shape index (κ1) is 21.8. The van der Waals surface area contributed by atoms with Crippen molar-refractivity contribution in [2.24, 2.45) is 0 Å². The van der Waals surface area contributed by atoms with Gasteiger partial charge in [-0.05, 0) is 63.3 Å². The van der Waals surface area contributed by atoms with Gasteiger partial charge in [0.1, 0.15) is 11.5 Å². The molecule has 0 aromatic heterocycles. The van der Waals surface area contributed by atoms with Gasteiger partial charge in [-0.3, -0.25) is 0 Å². The highest BCUT2D eigenvalue weighted by atomic mass is 31.1. The summed E-state index contributed by atoms with van der Waals surface area (Å²) in [5.41, 5.74) is 2.34. The van der Waals surface area contributed by atoms with Crippen molar-refractivity contribution in [2.75, 3.05) is 6.16 Å². The Morgan fingerprint density at radius 1 is 0.778 bits per heavy atom. The maximum atomic E-state index is 6.16. The zero-order valence-electron chi connectivity index (χ0n) is 17.5. The normalized spacial score (nSPS) is 11.7. The molecule has 0 N–H and O–H groups in total. The Labute approximate surface area is 167 Å². The van der Waals surface area contributed by atoms with Gasteiger partial charge in [-0.2, -0.15) is 0 Å². The zero-order chi connectivity index (χ0) is 19.6. The highest BCUT2D eigenvalue weighted by molar-refractivity contribution is 7.47. The summed E-state index contributed by atoms with van der Waals surface area (Å²) < 4.78 is 12.3. The third-order valence-corrected chi connectivity index (χ3v) is 5.68. The van der Waals surface area contributed by atoms with E-state index in [1.165, 1.54) is 42.7 Å². The topological polar surface area (TPSA) is 18.5 Å². The van der Waals surface area contributed by atoms with E-state index in [0.29, 0.717) is 0 Å². The van der Waals surface area contributed by atoms with E-state index in [-0.39, 0.29) is 12.2 Å². The van der Waals surface area contributed by atoms with Crippen molar-refractivity contribution in [2.45, 2.75) is 72.5 Å². The second-order valence-electron chi connectivity index (χ2n) is 7.50. The third kappa shape index (κ3) is 6.85. The number of hydrogen-bond donors (Lipinski definition) is 0. The molecule has 0 fully saturated rings. The maximum Gasteiger partial charge on any atom is 0.131 e. The molecule has 3 heteroatoms. The van der Waals surface area contributed by atoms with Gasteiger partial charge in [0, 0.05) is 0 Å². The van der Waals surface area contributed by atoms with E-state index < -0.39 is 0 Å². The van der Waals surface area contributed by atoms with E-state index in [2.05, 4.69) is 71.0 Å². The Balaban J connectivity index is 2.37. The minimum Gasteiger partial charge on any atom is -0.490 e. The van der Waals surface area contributed by atoms with Crippen LogP contribution in [0.2, 0.25) is 0 Å². The predicted molar refractivity (Wildman–Crippen MR) is 120 cm³/mol. The molecule has 0 saturated heterocycles. The molecule has 2 aromatic carbocycles. The van der Waals surface area contributed by atoms with Crippen LogP contribution in [0.15, 0.2) is 42.5 Å². The summed E-state index contributed by atoms with van der Waals surface area (Å²) in [5, 5.41) is 1.41. The van der Waals surface area contributed by atoms with Crippen molar-refractivity contribution in [3.8, 4) is 22.6 Å². The van der Waals surface area contributed by atoms with Crippen molar-refractivity contribution in [1.29, 1.82) is 0 Å². The lowest BCUT2D eigenvalue weighted by Gasteiger charge is -2.21. The fourth-order valence-corrected chi connectivity index (χ4v) is 4.42. The van der Waals surface area contributed by atoms with Gasteiger partial charge in [0.05, 0.1) is 17.8 Å². The highest BCUT2D eigenvalue weighted by Gasteiger charge is 2.18. The minimum atomic E-state index is 0.127. The van der Waals surface area contributed by atoms with Crippen LogP contribution in [-0.4, -0.2) is 18.4 Å². The van der Waals surface area contributed by atoms with E-state index in [1.807, 2.05) is 6.07 Å². The standard InChI is InChI=1S/C24H35O2P/c1-6-7-8-11-17-27-23-16-10-9-13-20(23)24-21(25-18(2)3)14-12-15-22(24)26-19(4)5/h9-10,12-16,18-19,27H,6-8,11,17H2,1-5H3. The van der Waals surface area contributed by atoms with E-state index in [1.54, 1.807) is 0 Å². The SMILES string of the molecule is CCCCCCPc1ccccc1-c1c(OC(C)C)cccc1OC(C)C. The molecule has 27 heavy (non-hydrogen) atoms. The van der Waals surface area contributed by atoms with E-state index in [9.17, 15) is 0 Å². The van der Waals surface area contributed by atoms with E-state index >= 15 is 0 Å². The predicted octanol–water partition coefficient (Wildman–Crippen LogP) is 6.81. The molecule has 2 nitrogen and oxygen atoms in total. The lowest BCUT2D eigenvalue weighted by atomic mass is 10.0. The number of benzene rings is 2. The molecule has 0 aliphatic heterocycles. The molecule has 2 rings (SSSR count). The Bertz CT molecular complexity index is 666. The number of ether oxygens (including phenoxy) is 2. The highest BCUT2D eigenvalue weighted by Crippen LogP contribution is 2.40. The van der Waals surface area contributed by atoms with E-state index in [0.717, 1.165) is 25.6 Å². The molecular formula is C24H35O2P. The first-order valence-corrected chi connectivity index (χ1v) is 11.5. The van der Waals surface area contributed by atoms with Gasteiger partial charge in [-0.15, -0.1) is 0 Å². The third-order valence-electron chi connectivity index (χ3n) is 4.26. The van der Waals surface area contributed by atoms with Gasteiger partial charge in [-0.1, -0.05) is 65.1 Å². The zero-order valence-corrected chi connectivity index (χ0v) is 18.5. The molecule has 0 radical (unpaired) electrons. The van der Waals surface area contributed by atoms with Gasteiger partial charge in [0.25, 0.3) is 0 Å². The summed E-state index contributed by atoms with van der Waals surface area (Å²) in [4.78, 5) is 0. The average Bonchev–Trinajstić information content (AvgIpc) is 2.61. The Morgan fingerprint density at radius 3 is 2.00 bits per heavy atom. The van der Waals surface area contributed by atoms with E-state index in [4.69, 9.17) is 9.47 Å². The van der Waals surface area contributed by atoms with Crippen LogP contribution >= 0.6 is 8.58 Å². The summed E-state index contributed by atoms with van der Waals surface area (Å²) in [6.45, 7) is 10.5. The smallest absolute Gasteiger partial charge is 0.131 e. The summed E-state index contributed by atoms with van der Waals surface area (Å²) in [7, 11) is 0.814. The lowest BCUT2D eigenvalue weighted by molar-refractivity contribution is 0.231. The number of hydrogen-bond acceptors (Lipinski definition) is 2. The fourth-order valence-electron chi connectivity index (χ4n) is 3.11. The first-order chi connectivity index (χ1) is 13.0. The van der Waals surface area contributed by atoms with Crippen molar-refractivity contribution in [3.05, 3.63) is 42.5 Å². The molecule has 0 bridgehead atoms. The summed E-state index contributed by atoms with van der Waals surface area (Å²) in [6.07, 6.45) is 6.77. The number of unbranched alkanes of at least 4 members (excludes halogenated alkanes) is 3. The second-order valence-corrected chi connectivity index (χ2v) is 8.89. The van der Waals surface area contributed by atoms with Crippen LogP contribution in [0.3, 0.4) is 0 Å². The van der Waals surface area contributed by atoms with Crippen LogP contribution in [0.4, 0.5) is 0 Å². The van der Waals surface area contributed by atoms with Gasteiger partial charge in [0.15, 0.2) is 0 Å². The van der Waals surface area contributed by atoms with Crippen molar-refractivity contribution in [3.63, 3.8) is 0 Å². The molecule has 0 saturated carbocycles. The molecule has 0 spiro atoms. The molecule has 148 valence electrons. The molecule has 1 unspecified atom stereocenters. The van der Waals surface area contributed by atoms with Gasteiger partial charge in [0.2, 0.25) is 0 Å². The minimum absolute atomic E-state index is 0.127. The molecule has 2 aromatic rings. The Kier molecular flexibility index (Phi) is 9.15. The lowest BCUT2D eigenvalue weighted by Crippen LogP contribution is -2.12. The quantitative estimate of drug-likeness (QED) is 0.312. The summed E-state index contributed by atoms with van der Waals surface area (Å²) in [5.74, 6) is 1.82. The first-order valence-electron chi connectivity index (χ1n) is 10.3. The van der Waals surface area contributed by atoms with Crippen LogP contribution in [-0.2, 0) is 0 Å². The Hall–Kier alpha value is -1.53. The fraction of sp³-hybridized carbons (Fsp3) is 0.500. The second kappa shape index (κ2) is 11.3. The van der Waals surface area contributed by atoms with Gasteiger partial charge >= 0.3 is 0 Å². The summed E-state index contributed by atoms with van der Waals surface area (Å²) >= 11 is 0. The Morgan fingerprint density at radius 2 is 1.41 bits per heavy atom. The van der Waals surface area contributed by atoms with Crippen molar-refractivity contribution in [1.82, 2.24) is 0 Å². The molecule has 0 aliphatic rings. The van der Waals surface area contributed by atoms with Crippen LogP contribution in [0.25, 0.3) is 11.1 Å². The monoisotopic (exact) mass is 386 g/mol. The van der Waals surface area contributed by atoms with Crippen LogP contribution in [0, 0.1) is 0 Å². The van der Waals surface area contributed by atoms with Gasteiger partial charge < -0.3 is 9.47 Å². The van der Waals surface area contributed by atoms with Gasteiger partial charge in [-0.25, -0.2) is 0 Å². The summed E-state index contributed by atoms with van der Waals surface area (Å²) in [6, 6.07) is 14.9. The molecular weight excluding hydrogens is 351 g/mol. The number of rotatable bonds is 11. The van der Waals surface area contributed by atoms with Crippen molar-refractivity contribution >= 4 is 13.9 Å². The van der Waals surface area contributed by atoms with Crippen LogP contribution in [0.1, 0.15) is 60.3 Å². The van der Waals surface area contributed by atoms with Crippen molar-refractivity contribution < 1.29 is 9.47 Å². The largest absolute Gasteiger partial charge is 0.490 e. The molecule has 1 atom stereocenters. The van der Waals surface area contributed by atoms with Crippen LogP contribution < -0.4 is 14.8 Å². The molecule has 0 aliphatic carbocycles.